The average molecular weight is 233 g/mol. The van der Waals surface area contributed by atoms with Crippen LogP contribution in [0, 0.1) is 0 Å². The van der Waals surface area contributed by atoms with E-state index in [1.54, 1.807) is 11.8 Å². The van der Waals surface area contributed by atoms with Crippen molar-refractivity contribution in [1.82, 2.24) is 9.97 Å². The third kappa shape index (κ3) is 2.43. The standard InChI is InChI=1S/C11H11N3OS/c1-16-9-5-3-2-4-8(9)15-11-7-13-6-10(12)14-11/h2-7H,1H3,(H2,12,14). The van der Waals surface area contributed by atoms with Crippen molar-refractivity contribution in [3.05, 3.63) is 36.7 Å². The van der Waals surface area contributed by atoms with E-state index >= 15 is 0 Å². The van der Waals surface area contributed by atoms with Gasteiger partial charge in [0.1, 0.15) is 11.6 Å². The zero-order valence-electron chi connectivity index (χ0n) is 8.75. The summed E-state index contributed by atoms with van der Waals surface area (Å²) in [6, 6.07) is 7.74. The second kappa shape index (κ2) is 4.85. The van der Waals surface area contributed by atoms with Crippen LogP contribution < -0.4 is 10.5 Å². The molecule has 0 radical (unpaired) electrons. The van der Waals surface area contributed by atoms with E-state index in [0.717, 1.165) is 10.6 Å². The van der Waals surface area contributed by atoms with Crippen LogP contribution in [0.25, 0.3) is 0 Å². The highest BCUT2D eigenvalue weighted by molar-refractivity contribution is 7.98. The third-order valence-electron chi connectivity index (χ3n) is 1.91. The van der Waals surface area contributed by atoms with E-state index in [-0.39, 0.29) is 0 Å². The maximum Gasteiger partial charge on any atom is 0.239 e. The lowest BCUT2D eigenvalue weighted by molar-refractivity contribution is 0.450. The molecule has 0 unspecified atom stereocenters. The Labute approximate surface area is 97.9 Å². The van der Waals surface area contributed by atoms with Crippen molar-refractivity contribution in [2.45, 2.75) is 4.90 Å². The van der Waals surface area contributed by atoms with Gasteiger partial charge in [0.15, 0.2) is 0 Å². The highest BCUT2D eigenvalue weighted by Gasteiger charge is 2.04. The summed E-state index contributed by atoms with van der Waals surface area (Å²) in [6.07, 6.45) is 5.01. The molecule has 4 nitrogen and oxygen atoms in total. The Morgan fingerprint density at radius 1 is 1.25 bits per heavy atom. The third-order valence-corrected chi connectivity index (χ3v) is 2.69. The van der Waals surface area contributed by atoms with Crippen LogP contribution in [-0.4, -0.2) is 16.2 Å². The van der Waals surface area contributed by atoms with Crippen LogP contribution in [0.5, 0.6) is 11.6 Å². The fourth-order valence-corrected chi connectivity index (χ4v) is 1.75. The van der Waals surface area contributed by atoms with Crippen molar-refractivity contribution in [1.29, 1.82) is 0 Å². The number of aromatic nitrogens is 2. The molecule has 82 valence electrons. The average Bonchev–Trinajstić information content (AvgIpc) is 2.30. The van der Waals surface area contributed by atoms with Gasteiger partial charge < -0.3 is 10.5 Å². The minimum atomic E-state index is 0.346. The molecule has 0 atom stereocenters. The predicted molar refractivity (Wildman–Crippen MR) is 64.7 cm³/mol. The number of anilines is 1. The van der Waals surface area contributed by atoms with Crippen LogP contribution in [0.1, 0.15) is 0 Å². The zero-order chi connectivity index (χ0) is 11.4. The summed E-state index contributed by atoms with van der Waals surface area (Å²) in [5.41, 5.74) is 5.52. The number of nitrogen functional groups attached to an aromatic ring is 1. The van der Waals surface area contributed by atoms with Crippen LogP contribution in [0.4, 0.5) is 5.82 Å². The van der Waals surface area contributed by atoms with Crippen molar-refractivity contribution in [2.75, 3.05) is 12.0 Å². The molecular weight excluding hydrogens is 222 g/mol. The Kier molecular flexibility index (Phi) is 3.26. The molecule has 2 N–H and O–H groups in total. The Morgan fingerprint density at radius 3 is 2.81 bits per heavy atom. The topological polar surface area (TPSA) is 61.0 Å². The van der Waals surface area contributed by atoms with E-state index < -0.39 is 0 Å². The highest BCUT2D eigenvalue weighted by Crippen LogP contribution is 2.30. The van der Waals surface area contributed by atoms with Crippen LogP contribution in [0.15, 0.2) is 41.6 Å². The number of para-hydroxylation sites is 1. The second-order valence-corrected chi connectivity index (χ2v) is 3.88. The van der Waals surface area contributed by atoms with Gasteiger partial charge in [0.05, 0.1) is 12.4 Å². The maximum absolute atomic E-state index is 5.61. The molecule has 1 aromatic carbocycles. The van der Waals surface area contributed by atoms with Gasteiger partial charge in [-0.05, 0) is 18.4 Å². The van der Waals surface area contributed by atoms with Crippen LogP contribution in [-0.2, 0) is 0 Å². The summed E-state index contributed by atoms with van der Waals surface area (Å²) in [6.45, 7) is 0. The Morgan fingerprint density at radius 2 is 2.06 bits per heavy atom. The van der Waals surface area contributed by atoms with Gasteiger partial charge in [-0.15, -0.1) is 11.8 Å². The lowest BCUT2D eigenvalue weighted by atomic mass is 10.3. The minimum Gasteiger partial charge on any atom is -0.436 e. The summed E-state index contributed by atoms with van der Waals surface area (Å²) in [5.74, 6) is 1.51. The number of hydrogen-bond acceptors (Lipinski definition) is 5. The summed E-state index contributed by atoms with van der Waals surface area (Å²) in [7, 11) is 0. The van der Waals surface area contributed by atoms with Crippen LogP contribution in [0.2, 0.25) is 0 Å². The molecule has 0 aliphatic rings. The highest BCUT2D eigenvalue weighted by atomic mass is 32.2. The number of hydrogen-bond donors (Lipinski definition) is 1. The molecule has 0 bridgehead atoms. The van der Waals surface area contributed by atoms with E-state index in [4.69, 9.17) is 10.5 Å². The largest absolute Gasteiger partial charge is 0.436 e. The van der Waals surface area contributed by atoms with Crippen molar-refractivity contribution < 1.29 is 4.74 Å². The quantitative estimate of drug-likeness (QED) is 0.825. The van der Waals surface area contributed by atoms with Crippen molar-refractivity contribution in [3.8, 4) is 11.6 Å². The fraction of sp³-hybridized carbons (Fsp3) is 0.0909. The molecule has 0 saturated carbocycles. The van der Waals surface area contributed by atoms with Crippen molar-refractivity contribution in [3.63, 3.8) is 0 Å². The number of ether oxygens (including phenoxy) is 1. The molecule has 0 aliphatic heterocycles. The van der Waals surface area contributed by atoms with E-state index in [1.165, 1.54) is 12.4 Å². The van der Waals surface area contributed by atoms with Gasteiger partial charge in [-0.3, -0.25) is 4.98 Å². The minimum absolute atomic E-state index is 0.346. The SMILES string of the molecule is CSc1ccccc1Oc1cncc(N)n1. The molecular formula is C11H11N3OS. The first kappa shape index (κ1) is 10.8. The smallest absolute Gasteiger partial charge is 0.239 e. The monoisotopic (exact) mass is 233 g/mol. The number of nitrogens with two attached hydrogens (primary N) is 1. The van der Waals surface area contributed by atoms with Gasteiger partial charge in [0, 0.05) is 4.90 Å². The number of rotatable bonds is 3. The van der Waals surface area contributed by atoms with E-state index in [0.29, 0.717) is 11.7 Å². The molecule has 1 aromatic heterocycles. The van der Waals surface area contributed by atoms with Gasteiger partial charge >= 0.3 is 0 Å². The van der Waals surface area contributed by atoms with Crippen LogP contribution in [0.3, 0.4) is 0 Å². The molecule has 0 aliphatic carbocycles. The summed E-state index contributed by atoms with van der Waals surface area (Å²) in [4.78, 5) is 8.99. The predicted octanol–water partition coefficient (Wildman–Crippen LogP) is 2.57. The van der Waals surface area contributed by atoms with Gasteiger partial charge in [-0.1, -0.05) is 12.1 Å². The summed E-state index contributed by atoms with van der Waals surface area (Å²) >= 11 is 1.61. The molecule has 0 fully saturated rings. The first-order valence-electron chi connectivity index (χ1n) is 4.68. The fourth-order valence-electron chi connectivity index (χ4n) is 1.23. The number of thioether (sulfide) groups is 1. The van der Waals surface area contributed by atoms with Gasteiger partial charge in [-0.2, -0.15) is 4.98 Å². The molecule has 5 heteroatoms. The van der Waals surface area contributed by atoms with Gasteiger partial charge in [0.2, 0.25) is 5.88 Å². The van der Waals surface area contributed by atoms with Crippen molar-refractivity contribution in [2.24, 2.45) is 0 Å². The molecule has 16 heavy (non-hydrogen) atoms. The molecule has 0 saturated heterocycles. The van der Waals surface area contributed by atoms with Crippen LogP contribution >= 0.6 is 11.8 Å². The lowest BCUT2D eigenvalue weighted by Gasteiger charge is -2.07. The maximum atomic E-state index is 5.61. The lowest BCUT2D eigenvalue weighted by Crippen LogP contribution is -1.95. The van der Waals surface area contributed by atoms with E-state index in [9.17, 15) is 0 Å². The number of nitrogens with zero attached hydrogens (tertiary/aromatic N) is 2. The van der Waals surface area contributed by atoms with Gasteiger partial charge in [0.25, 0.3) is 0 Å². The van der Waals surface area contributed by atoms with E-state index in [2.05, 4.69) is 9.97 Å². The van der Waals surface area contributed by atoms with Gasteiger partial charge in [-0.25, -0.2) is 0 Å². The summed E-state index contributed by atoms with van der Waals surface area (Å²) in [5, 5.41) is 0. The van der Waals surface area contributed by atoms with Crippen molar-refractivity contribution >= 4 is 17.6 Å². The second-order valence-electron chi connectivity index (χ2n) is 3.04. The normalized spacial score (nSPS) is 10.1. The number of benzene rings is 1. The molecule has 0 spiro atoms. The molecule has 0 amide bonds. The first-order valence-corrected chi connectivity index (χ1v) is 5.90. The molecule has 2 aromatic rings. The zero-order valence-corrected chi connectivity index (χ0v) is 9.57. The molecule has 1 heterocycles. The van der Waals surface area contributed by atoms with E-state index in [1.807, 2.05) is 30.5 Å². The Balaban J connectivity index is 2.26. The summed E-state index contributed by atoms with van der Waals surface area (Å²) < 4.78 is 5.61. The Hall–Kier alpha value is -1.75. The molecule has 2 rings (SSSR count). The first-order chi connectivity index (χ1) is 7.79. The Bertz CT molecular complexity index is 490.